The number of ether oxygens (including phenoxy) is 1. The Kier molecular flexibility index (Phi) is 7.25. The van der Waals surface area contributed by atoms with Crippen molar-refractivity contribution in [1.82, 2.24) is 10.6 Å². The summed E-state index contributed by atoms with van der Waals surface area (Å²) in [5.74, 6) is 0.297. The van der Waals surface area contributed by atoms with Crippen LogP contribution < -0.4 is 16.0 Å². The van der Waals surface area contributed by atoms with E-state index in [4.69, 9.17) is 4.74 Å². The molecule has 6 nitrogen and oxygen atoms in total. The molecule has 0 unspecified atom stereocenters. The number of methoxy groups -OCH3 is 1. The van der Waals surface area contributed by atoms with Crippen LogP contribution in [0.1, 0.15) is 24.2 Å². The number of carbonyl (C=O) groups is 2. The lowest BCUT2D eigenvalue weighted by Gasteiger charge is -2.09. The van der Waals surface area contributed by atoms with Crippen molar-refractivity contribution >= 4 is 17.6 Å². The van der Waals surface area contributed by atoms with Gasteiger partial charge in [0.15, 0.2) is 0 Å². The van der Waals surface area contributed by atoms with Crippen molar-refractivity contribution in [2.24, 2.45) is 5.92 Å². The molecule has 0 bridgehead atoms. The van der Waals surface area contributed by atoms with Crippen LogP contribution in [0.25, 0.3) is 0 Å². The first kappa shape index (κ1) is 17.0. The summed E-state index contributed by atoms with van der Waals surface area (Å²) in [6, 6.07) is 6.45. The first-order chi connectivity index (χ1) is 10.0. The molecule has 0 aliphatic rings. The van der Waals surface area contributed by atoms with Gasteiger partial charge in [-0.1, -0.05) is 13.8 Å². The second kappa shape index (κ2) is 8.97. The zero-order chi connectivity index (χ0) is 15.7. The lowest BCUT2D eigenvalue weighted by molar-refractivity contribution is 0.0949. The van der Waals surface area contributed by atoms with Gasteiger partial charge in [-0.15, -0.1) is 0 Å². The third-order valence-electron chi connectivity index (χ3n) is 2.67. The van der Waals surface area contributed by atoms with Crippen LogP contribution in [0.15, 0.2) is 24.3 Å². The van der Waals surface area contributed by atoms with Crippen LogP contribution in [0.4, 0.5) is 10.5 Å². The number of urea groups is 1. The molecule has 0 saturated heterocycles. The molecule has 116 valence electrons. The Morgan fingerprint density at radius 3 is 2.38 bits per heavy atom. The molecule has 0 aliphatic heterocycles. The van der Waals surface area contributed by atoms with E-state index in [0.29, 0.717) is 36.9 Å². The lowest BCUT2D eigenvalue weighted by atomic mass is 10.1. The van der Waals surface area contributed by atoms with Gasteiger partial charge >= 0.3 is 6.03 Å². The van der Waals surface area contributed by atoms with Crippen LogP contribution in [0.5, 0.6) is 0 Å². The van der Waals surface area contributed by atoms with E-state index in [0.717, 1.165) is 0 Å². The second-order valence-corrected chi connectivity index (χ2v) is 5.05. The minimum Gasteiger partial charge on any atom is -0.383 e. The summed E-state index contributed by atoms with van der Waals surface area (Å²) in [6.07, 6.45) is 0. The molecule has 0 radical (unpaired) electrons. The van der Waals surface area contributed by atoms with E-state index < -0.39 is 0 Å². The molecule has 0 atom stereocenters. The summed E-state index contributed by atoms with van der Waals surface area (Å²) < 4.78 is 4.84. The van der Waals surface area contributed by atoms with Crippen LogP contribution in [0.3, 0.4) is 0 Å². The molecular weight excluding hydrogens is 270 g/mol. The van der Waals surface area contributed by atoms with Gasteiger partial charge in [0.25, 0.3) is 5.91 Å². The number of hydrogen-bond acceptors (Lipinski definition) is 3. The van der Waals surface area contributed by atoms with Crippen molar-refractivity contribution in [3.05, 3.63) is 29.8 Å². The second-order valence-electron chi connectivity index (χ2n) is 5.05. The van der Waals surface area contributed by atoms with Gasteiger partial charge in [-0.2, -0.15) is 0 Å². The first-order valence-electron chi connectivity index (χ1n) is 6.95. The van der Waals surface area contributed by atoms with E-state index in [2.05, 4.69) is 16.0 Å². The van der Waals surface area contributed by atoms with Crippen LogP contribution in [-0.4, -0.2) is 38.7 Å². The molecule has 0 aromatic heterocycles. The quantitative estimate of drug-likeness (QED) is 0.671. The zero-order valence-electron chi connectivity index (χ0n) is 12.7. The molecule has 0 spiro atoms. The molecule has 0 heterocycles. The largest absolute Gasteiger partial charge is 0.383 e. The van der Waals surface area contributed by atoms with Crippen LogP contribution >= 0.6 is 0 Å². The molecule has 1 aromatic rings. The number of carbonyl (C=O) groups excluding carboxylic acids is 2. The normalized spacial score (nSPS) is 10.3. The van der Waals surface area contributed by atoms with E-state index in [1.165, 1.54) is 0 Å². The maximum Gasteiger partial charge on any atom is 0.319 e. The van der Waals surface area contributed by atoms with Gasteiger partial charge in [0.05, 0.1) is 6.61 Å². The highest BCUT2D eigenvalue weighted by Gasteiger charge is 2.06. The van der Waals surface area contributed by atoms with E-state index in [-0.39, 0.29) is 11.9 Å². The maximum atomic E-state index is 11.8. The Morgan fingerprint density at radius 2 is 1.81 bits per heavy atom. The number of rotatable bonds is 7. The maximum absolute atomic E-state index is 11.8. The highest BCUT2D eigenvalue weighted by atomic mass is 16.5. The first-order valence-corrected chi connectivity index (χ1v) is 6.95. The minimum absolute atomic E-state index is 0.111. The fraction of sp³-hybridized carbons (Fsp3) is 0.467. The van der Waals surface area contributed by atoms with Crippen molar-refractivity contribution < 1.29 is 14.3 Å². The molecular formula is C15H23N3O3. The summed E-state index contributed by atoms with van der Waals surface area (Å²) >= 11 is 0. The number of benzene rings is 1. The van der Waals surface area contributed by atoms with E-state index in [9.17, 15) is 9.59 Å². The van der Waals surface area contributed by atoms with Crippen molar-refractivity contribution in [3.63, 3.8) is 0 Å². The van der Waals surface area contributed by atoms with Gasteiger partial charge in [0, 0.05) is 31.5 Å². The third-order valence-corrected chi connectivity index (χ3v) is 2.67. The highest BCUT2D eigenvalue weighted by Crippen LogP contribution is 2.09. The Balaban J connectivity index is 2.46. The summed E-state index contributed by atoms with van der Waals surface area (Å²) in [5.41, 5.74) is 1.20. The highest BCUT2D eigenvalue weighted by molar-refractivity contribution is 5.95. The van der Waals surface area contributed by atoms with Gasteiger partial charge in [0.1, 0.15) is 0 Å². The van der Waals surface area contributed by atoms with Gasteiger partial charge in [-0.05, 0) is 30.2 Å². The Bertz CT molecular complexity index is 458. The summed E-state index contributed by atoms with van der Waals surface area (Å²) in [4.78, 5) is 23.4. The van der Waals surface area contributed by atoms with Gasteiger partial charge in [-0.3, -0.25) is 4.79 Å². The SMILES string of the molecule is COCCNC(=O)Nc1ccc(C(=O)NCC(C)C)cc1. The van der Waals surface area contributed by atoms with Crippen molar-refractivity contribution in [1.29, 1.82) is 0 Å². The lowest BCUT2D eigenvalue weighted by Crippen LogP contribution is -2.31. The molecule has 6 heteroatoms. The molecule has 0 fully saturated rings. The fourth-order valence-corrected chi connectivity index (χ4v) is 1.55. The summed E-state index contributed by atoms with van der Waals surface area (Å²) in [7, 11) is 1.57. The van der Waals surface area contributed by atoms with Gasteiger partial charge in [-0.25, -0.2) is 4.79 Å². The monoisotopic (exact) mass is 293 g/mol. The average Bonchev–Trinajstić information content (AvgIpc) is 2.45. The van der Waals surface area contributed by atoms with Gasteiger partial charge < -0.3 is 20.7 Å². The molecule has 1 aromatic carbocycles. The van der Waals surface area contributed by atoms with E-state index in [1.54, 1.807) is 31.4 Å². The van der Waals surface area contributed by atoms with Crippen molar-refractivity contribution in [2.75, 3.05) is 32.1 Å². The molecule has 0 saturated carbocycles. The topological polar surface area (TPSA) is 79.5 Å². The smallest absolute Gasteiger partial charge is 0.319 e. The summed E-state index contributed by atoms with van der Waals surface area (Å²) in [6.45, 7) is 5.62. The fourth-order valence-electron chi connectivity index (χ4n) is 1.55. The number of nitrogens with one attached hydrogen (secondary N) is 3. The predicted molar refractivity (Wildman–Crippen MR) is 82.5 cm³/mol. The Hall–Kier alpha value is -2.08. The number of hydrogen-bond donors (Lipinski definition) is 3. The third kappa shape index (κ3) is 6.76. The van der Waals surface area contributed by atoms with Crippen molar-refractivity contribution in [3.8, 4) is 0 Å². The number of anilines is 1. The van der Waals surface area contributed by atoms with Crippen LogP contribution in [0, 0.1) is 5.92 Å². The predicted octanol–water partition coefficient (Wildman–Crippen LogP) is 1.84. The zero-order valence-corrected chi connectivity index (χ0v) is 12.7. The average molecular weight is 293 g/mol. The molecule has 1 rings (SSSR count). The van der Waals surface area contributed by atoms with Crippen LogP contribution in [-0.2, 0) is 4.74 Å². The molecule has 21 heavy (non-hydrogen) atoms. The Labute approximate surface area is 125 Å². The number of amides is 3. The Morgan fingerprint density at radius 1 is 1.14 bits per heavy atom. The van der Waals surface area contributed by atoms with Crippen molar-refractivity contribution in [2.45, 2.75) is 13.8 Å². The van der Waals surface area contributed by atoms with Crippen LogP contribution in [0.2, 0.25) is 0 Å². The molecule has 3 amide bonds. The minimum atomic E-state index is -0.302. The molecule has 0 aliphatic carbocycles. The van der Waals surface area contributed by atoms with E-state index in [1.807, 2.05) is 13.8 Å². The summed E-state index contributed by atoms with van der Waals surface area (Å²) in [5, 5.41) is 8.17. The standard InChI is InChI=1S/C15H23N3O3/c1-11(2)10-17-14(19)12-4-6-13(7-5-12)18-15(20)16-8-9-21-3/h4-7,11H,8-10H2,1-3H3,(H,17,19)(H2,16,18,20). The van der Waals surface area contributed by atoms with E-state index >= 15 is 0 Å². The van der Waals surface area contributed by atoms with Gasteiger partial charge in [0.2, 0.25) is 0 Å². The molecule has 3 N–H and O–H groups in total.